The molecule has 0 aromatic rings. The molecule has 1 fully saturated rings. The summed E-state index contributed by atoms with van der Waals surface area (Å²) in [5, 5.41) is 8.94. The largest absolute Gasteiger partial charge is 0.481 e. The van der Waals surface area contributed by atoms with Crippen LogP contribution in [0.5, 0.6) is 0 Å². The Morgan fingerprint density at radius 3 is 2.55 bits per heavy atom. The monoisotopic (exact) mass is 285 g/mol. The number of likely N-dealkylation sites (N-methyl/N-ethyl adjacent to an activating group) is 2. The summed E-state index contributed by atoms with van der Waals surface area (Å²) in [6.07, 6.45) is 1.73. The number of carboxylic acid groups (broad SMARTS) is 1. The molecular formula is C14H27N3O3. The maximum atomic E-state index is 12.6. The van der Waals surface area contributed by atoms with Gasteiger partial charge in [-0.1, -0.05) is 0 Å². The second-order valence-corrected chi connectivity index (χ2v) is 5.77. The van der Waals surface area contributed by atoms with Crippen LogP contribution in [-0.4, -0.2) is 77.6 Å². The molecule has 2 unspecified atom stereocenters. The van der Waals surface area contributed by atoms with E-state index in [1.54, 1.807) is 4.90 Å². The standard InChI is InChI=1S/C14H27N3O3/c1-5-16(11(2)10-15(3)4)14(20)17-8-6-7-12(17)9-13(18)19/h11-12H,5-10H2,1-4H3,(H,18,19). The lowest BCUT2D eigenvalue weighted by molar-refractivity contribution is -0.138. The van der Waals surface area contributed by atoms with E-state index in [0.29, 0.717) is 13.1 Å². The van der Waals surface area contributed by atoms with Crippen LogP contribution >= 0.6 is 0 Å². The maximum Gasteiger partial charge on any atom is 0.320 e. The minimum Gasteiger partial charge on any atom is -0.481 e. The third-order valence-corrected chi connectivity index (χ3v) is 3.78. The van der Waals surface area contributed by atoms with E-state index in [9.17, 15) is 9.59 Å². The number of nitrogens with zero attached hydrogens (tertiary/aromatic N) is 3. The Morgan fingerprint density at radius 2 is 2.05 bits per heavy atom. The third-order valence-electron chi connectivity index (χ3n) is 3.78. The number of likely N-dealkylation sites (tertiary alicyclic amines) is 1. The zero-order valence-corrected chi connectivity index (χ0v) is 13.0. The van der Waals surface area contributed by atoms with Gasteiger partial charge in [0.05, 0.1) is 6.42 Å². The normalized spacial score (nSPS) is 20.2. The molecule has 2 amide bonds. The molecule has 0 bridgehead atoms. The van der Waals surface area contributed by atoms with Crippen molar-refractivity contribution in [2.45, 2.75) is 45.2 Å². The second kappa shape index (κ2) is 7.47. The van der Waals surface area contributed by atoms with Crippen LogP contribution in [0.1, 0.15) is 33.1 Å². The van der Waals surface area contributed by atoms with E-state index in [2.05, 4.69) is 4.90 Å². The molecule has 6 heteroatoms. The molecule has 1 aliphatic rings. The number of hydrogen-bond donors (Lipinski definition) is 1. The van der Waals surface area contributed by atoms with Gasteiger partial charge in [-0.3, -0.25) is 4.79 Å². The van der Waals surface area contributed by atoms with Crippen molar-refractivity contribution in [3.05, 3.63) is 0 Å². The summed E-state index contributed by atoms with van der Waals surface area (Å²) in [5.41, 5.74) is 0. The first-order valence-corrected chi connectivity index (χ1v) is 7.30. The van der Waals surface area contributed by atoms with Gasteiger partial charge in [-0.15, -0.1) is 0 Å². The number of amides is 2. The number of hydrogen-bond acceptors (Lipinski definition) is 3. The van der Waals surface area contributed by atoms with Gasteiger partial charge in [-0.25, -0.2) is 4.79 Å². The molecule has 0 radical (unpaired) electrons. The third kappa shape index (κ3) is 4.37. The maximum absolute atomic E-state index is 12.6. The fourth-order valence-electron chi connectivity index (χ4n) is 2.93. The lowest BCUT2D eigenvalue weighted by Gasteiger charge is -2.35. The Morgan fingerprint density at radius 1 is 1.40 bits per heavy atom. The number of urea groups is 1. The van der Waals surface area contributed by atoms with Gasteiger partial charge in [0.1, 0.15) is 0 Å². The van der Waals surface area contributed by atoms with Crippen molar-refractivity contribution >= 4 is 12.0 Å². The molecule has 0 saturated carbocycles. The highest BCUT2D eigenvalue weighted by Gasteiger charge is 2.34. The van der Waals surface area contributed by atoms with Crippen molar-refractivity contribution in [3.8, 4) is 0 Å². The summed E-state index contributed by atoms with van der Waals surface area (Å²) in [6, 6.07) is -0.0558. The van der Waals surface area contributed by atoms with Crippen LogP contribution in [0, 0.1) is 0 Å². The van der Waals surface area contributed by atoms with Gasteiger partial charge >= 0.3 is 12.0 Å². The van der Waals surface area contributed by atoms with Gasteiger partial charge < -0.3 is 19.8 Å². The van der Waals surface area contributed by atoms with Gasteiger partial charge in [0, 0.05) is 31.7 Å². The van der Waals surface area contributed by atoms with E-state index in [4.69, 9.17) is 5.11 Å². The van der Waals surface area contributed by atoms with Crippen molar-refractivity contribution in [3.63, 3.8) is 0 Å². The van der Waals surface area contributed by atoms with Crippen LogP contribution in [0.25, 0.3) is 0 Å². The highest BCUT2D eigenvalue weighted by molar-refractivity contribution is 5.77. The molecule has 6 nitrogen and oxygen atoms in total. The first kappa shape index (κ1) is 16.8. The lowest BCUT2D eigenvalue weighted by atomic mass is 10.1. The average molecular weight is 285 g/mol. The number of aliphatic carboxylic acids is 1. The number of carbonyl (C=O) groups excluding carboxylic acids is 1. The Bertz CT molecular complexity index is 347. The molecule has 1 heterocycles. The predicted octanol–water partition coefficient (Wildman–Crippen LogP) is 1.32. The quantitative estimate of drug-likeness (QED) is 0.799. The smallest absolute Gasteiger partial charge is 0.320 e. The number of rotatable bonds is 6. The zero-order chi connectivity index (χ0) is 15.3. The minimum atomic E-state index is -0.834. The average Bonchev–Trinajstić information content (AvgIpc) is 2.75. The van der Waals surface area contributed by atoms with Gasteiger partial charge in [0.15, 0.2) is 0 Å². The lowest BCUT2D eigenvalue weighted by Crippen LogP contribution is -2.51. The Balaban J connectivity index is 2.71. The molecule has 116 valence electrons. The molecular weight excluding hydrogens is 258 g/mol. The molecule has 0 spiro atoms. The molecule has 0 aromatic carbocycles. The summed E-state index contributed by atoms with van der Waals surface area (Å²) < 4.78 is 0. The zero-order valence-electron chi connectivity index (χ0n) is 13.0. The predicted molar refractivity (Wildman–Crippen MR) is 77.8 cm³/mol. The van der Waals surface area contributed by atoms with Crippen molar-refractivity contribution in [1.82, 2.24) is 14.7 Å². The van der Waals surface area contributed by atoms with Crippen LogP contribution in [-0.2, 0) is 4.79 Å². The first-order valence-electron chi connectivity index (χ1n) is 7.30. The summed E-state index contributed by atoms with van der Waals surface area (Å²) in [6.45, 7) is 6.11. The van der Waals surface area contributed by atoms with Crippen LogP contribution < -0.4 is 0 Å². The molecule has 20 heavy (non-hydrogen) atoms. The van der Waals surface area contributed by atoms with Gasteiger partial charge in [-0.2, -0.15) is 0 Å². The Kier molecular flexibility index (Phi) is 6.26. The van der Waals surface area contributed by atoms with Gasteiger partial charge in [0.25, 0.3) is 0 Å². The highest BCUT2D eigenvalue weighted by atomic mass is 16.4. The summed E-state index contributed by atoms with van der Waals surface area (Å²) in [5.74, 6) is -0.834. The molecule has 0 aliphatic carbocycles. The molecule has 1 saturated heterocycles. The molecule has 1 aliphatic heterocycles. The van der Waals surface area contributed by atoms with E-state index in [1.165, 1.54) is 0 Å². The van der Waals surface area contributed by atoms with Crippen molar-refractivity contribution in [2.24, 2.45) is 0 Å². The second-order valence-electron chi connectivity index (χ2n) is 5.77. The Hall–Kier alpha value is -1.30. The summed E-state index contributed by atoms with van der Waals surface area (Å²) >= 11 is 0. The van der Waals surface area contributed by atoms with E-state index >= 15 is 0 Å². The van der Waals surface area contributed by atoms with E-state index < -0.39 is 5.97 Å². The first-order chi connectivity index (χ1) is 9.36. The minimum absolute atomic E-state index is 0.0226. The van der Waals surface area contributed by atoms with Gasteiger partial charge in [-0.05, 0) is 40.8 Å². The number of carbonyl (C=O) groups is 2. The van der Waals surface area contributed by atoms with E-state index in [-0.39, 0.29) is 24.5 Å². The molecule has 1 rings (SSSR count). The fourth-order valence-corrected chi connectivity index (χ4v) is 2.93. The molecule has 2 atom stereocenters. The highest BCUT2D eigenvalue weighted by Crippen LogP contribution is 2.22. The molecule has 1 N–H and O–H groups in total. The van der Waals surface area contributed by atoms with Crippen LogP contribution in [0.2, 0.25) is 0 Å². The Labute approximate surface area is 121 Å². The van der Waals surface area contributed by atoms with Gasteiger partial charge in [0.2, 0.25) is 0 Å². The van der Waals surface area contributed by atoms with E-state index in [1.807, 2.05) is 32.8 Å². The summed E-state index contributed by atoms with van der Waals surface area (Å²) in [7, 11) is 3.97. The van der Waals surface area contributed by atoms with Crippen molar-refractivity contribution < 1.29 is 14.7 Å². The SMILES string of the molecule is CCN(C(=O)N1CCCC1CC(=O)O)C(C)CN(C)C. The fraction of sp³-hybridized carbons (Fsp3) is 0.857. The molecule has 0 aromatic heterocycles. The van der Waals surface area contributed by atoms with Crippen LogP contribution in [0.4, 0.5) is 4.79 Å². The van der Waals surface area contributed by atoms with Crippen molar-refractivity contribution in [2.75, 3.05) is 33.7 Å². The van der Waals surface area contributed by atoms with Crippen LogP contribution in [0.3, 0.4) is 0 Å². The van der Waals surface area contributed by atoms with E-state index in [0.717, 1.165) is 19.4 Å². The summed E-state index contributed by atoms with van der Waals surface area (Å²) in [4.78, 5) is 29.1. The van der Waals surface area contributed by atoms with Crippen LogP contribution in [0.15, 0.2) is 0 Å². The topological polar surface area (TPSA) is 64.1 Å². The van der Waals surface area contributed by atoms with Crippen molar-refractivity contribution in [1.29, 1.82) is 0 Å². The number of carboxylic acids is 1.